The van der Waals surface area contributed by atoms with E-state index in [1.807, 2.05) is 36.4 Å². The maximum absolute atomic E-state index is 13.2. The van der Waals surface area contributed by atoms with Gasteiger partial charge in [-0.15, -0.1) is 0 Å². The molecule has 2 aliphatic rings. The van der Waals surface area contributed by atoms with Gasteiger partial charge in [0.05, 0.1) is 5.57 Å². The predicted octanol–water partition coefficient (Wildman–Crippen LogP) is 5.43. The standard InChI is InChI=1S/C18H13F3/c19-18(20,21)17-7-3-6-13-14-9-8-11-4-1-2-5-12(11)15(14)10-16(13)17/h1-2,4-5,7-9H,3,6,10H2. The highest BCUT2D eigenvalue weighted by molar-refractivity contribution is 5.95. The summed E-state index contributed by atoms with van der Waals surface area (Å²) in [5.41, 5.74) is 3.02. The highest BCUT2D eigenvalue weighted by Gasteiger charge is 2.40. The van der Waals surface area contributed by atoms with Crippen LogP contribution < -0.4 is 0 Å². The highest BCUT2D eigenvalue weighted by Crippen LogP contribution is 2.48. The Hall–Kier alpha value is -2.03. The molecular weight excluding hydrogens is 273 g/mol. The molecule has 0 N–H and O–H groups in total. The summed E-state index contributed by atoms with van der Waals surface area (Å²) in [4.78, 5) is 0. The number of fused-ring (bicyclic) bond motifs is 4. The minimum absolute atomic E-state index is 0.400. The lowest BCUT2D eigenvalue weighted by molar-refractivity contribution is -0.0898. The van der Waals surface area contributed by atoms with Crippen LogP contribution in [0.3, 0.4) is 0 Å². The summed E-state index contributed by atoms with van der Waals surface area (Å²) >= 11 is 0. The van der Waals surface area contributed by atoms with Gasteiger partial charge >= 0.3 is 6.18 Å². The van der Waals surface area contributed by atoms with Gasteiger partial charge in [0.1, 0.15) is 0 Å². The molecule has 21 heavy (non-hydrogen) atoms. The van der Waals surface area contributed by atoms with Crippen LogP contribution in [0.5, 0.6) is 0 Å². The Morgan fingerprint density at radius 2 is 1.71 bits per heavy atom. The van der Waals surface area contributed by atoms with Gasteiger partial charge in [-0.1, -0.05) is 42.5 Å². The Bertz CT molecular complexity index is 807. The van der Waals surface area contributed by atoms with Gasteiger partial charge in [-0.2, -0.15) is 13.2 Å². The Labute approximate surface area is 120 Å². The van der Waals surface area contributed by atoms with Crippen molar-refractivity contribution in [2.75, 3.05) is 0 Å². The summed E-state index contributed by atoms with van der Waals surface area (Å²) in [6.07, 6.45) is -1.32. The third-order valence-electron chi connectivity index (χ3n) is 4.46. The summed E-state index contributed by atoms with van der Waals surface area (Å²) in [7, 11) is 0. The Kier molecular flexibility index (Phi) is 2.56. The van der Waals surface area contributed by atoms with Gasteiger partial charge < -0.3 is 0 Å². The van der Waals surface area contributed by atoms with E-state index in [2.05, 4.69) is 0 Å². The first-order valence-corrected chi connectivity index (χ1v) is 7.06. The number of allylic oxidation sites excluding steroid dienone is 4. The fourth-order valence-electron chi connectivity index (χ4n) is 3.57. The summed E-state index contributed by atoms with van der Waals surface area (Å²) in [5, 5.41) is 2.17. The molecule has 0 nitrogen and oxygen atoms in total. The zero-order valence-electron chi connectivity index (χ0n) is 11.3. The molecule has 0 saturated heterocycles. The van der Waals surface area contributed by atoms with E-state index in [-0.39, 0.29) is 0 Å². The lowest BCUT2D eigenvalue weighted by Gasteiger charge is -2.19. The maximum Gasteiger partial charge on any atom is 0.416 e. The lowest BCUT2D eigenvalue weighted by Crippen LogP contribution is -2.16. The molecule has 2 aromatic rings. The fourth-order valence-corrected chi connectivity index (χ4v) is 3.57. The molecule has 0 amide bonds. The summed E-state index contributed by atoms with van der Waals surface area (Å²) < 4.78 is 39.6. The second-order valence-corrected chi connectivity index (χ2v) is 5.60. The van der Waals surface area contributed by atoms with Crippen LogP contribution in [0.1, 0.15) is 24.0 Å². The zero-order valence-corrected chi connectivity index (χ0v) is 11.3. The Morgan fingerprint density at radius 1 is 0.905 bits per heavy atom. The van der Waals surface area contributed by atoms with Crippen LogP contribution in [-0.2, 0) is 6.42 Å². The molecule has 4 rings (SSSR count). The molecule has 0 aromatic heterocycles. The van der Waals surface area contributed by atoms with Gasteiger partial charge in [-0.05, 0) is 52.3 Å². The van der Waals surface area contributed by atoms with Crippen LogP contribution >= 0.6 is 0 Å². The van der Waals surface area contributed by atoms with Crippen LogP contribution in [0.25, 0.3) is 16.3 Å². The molecule has 106 valence electrons. The minimum atomic E-state index is -4.25. The van der Waals surface area contributed by atoms with E-state index in [4.69, 9.17) is 0 Å². The van der Waals surface area contributed by atoms with Crippen LogP contribution in [-0.4, -0.2) is 6.18 Å². The van der Waals surface area contributed by atoms with Crippen LogP contribution in [0.15, 0.2) is 53.6 Å². The van der Waals surface area contributed by atoms with E-state index < -0.39 is 11.7 Å². The lowest BCUT2D eigenvalue weighted by atomic mass is 9.91. The van der Waals surface area contributed by atoms with Gasteiger partial charge in [0.15, 0.2) is 0 Å². The van der Waals surface area contributed by atoms with Gasteiger partial charge in [0.25, 0.3) is 0 Å². The van der Waals surface area contributed by atoms with Crippen LogP contribution in [0.2, 0.25) is 0 Å². The van der Waals surface area contributed by atoms with E-state index in [1.54, 1.807) is 0 Å². The van der Waals surface area contributed by atoms with Crippen LogP contribution in [0, 0.1) is 0 Å². The first-order valence-electron chi connectivity index (χ1n) is 7.06. The van der Waals surface area contributed by atoms with Crippen molar-refractivity contribution in [1.82, 2.24) is 0 Å². The summed E-state index contributed by atoms with van der Waals surface area (Å²) in [6.45, 7) is 0. The third kappa shape index (κ3) is 1.84. The second kappa shape index (κ2) is 4.23. The van der Waals surface area contributed by atoms with Crippen molar-refractivity contribution in [2.24, 2.45) is 0 Å². The van der Waals surface area contributed by atoms with E-state index in [0.717, 1.165) is 27.5 Å². The molecule has 0 bridgehead atoms. The van der Waals surface area contributed by atoms with Crippen molar-refractivity contribution in [1.29, 1.82) is 0 Å². The summed E-state index contributed by atoms with van der Waals surface area (Å²) in [5.74, 6) is 0. The smallest absolute Gasteiger partial charge is 0.166 e. The number of hydrogen-bond donors (Lipinski definition) is 0. The number of rotatable bonds is 0. The molecular formula is C18H13F3. The van der Waals surface area contributed by atoms with Crippen LogP contribution in [0.4, 0.5) is 13.2 Å². The van der Waals surface area contributed by atoms with Gasteiger partial charge in [0.2, 0.25) is 0 Å². The largest absolute Gasteiger partial charge is 0.416 e. The van der Waals surface area contributed by atoms with Crippen molar-refractivity contribution >= 4 is 16.3 Å². The molecule has 2 aromatic carbocycles. The molecule has 0 aliphatic heterocycles. The number of alkyl halides is 3. The molecule has 0 radical (unpaired) electrons. The molecule has 0 saturated carbocycles. The average molecular weight is 286 g/mol. The molecule has 0 spiro atoms. The monoisotopic (exact) mass is 286 g/mol. The molecule has 0 unspecified atom stereocenters. The van der Waals surface area contributed by atoms with Gasteiger partial charge in [0, 0.05) is 0 Å². The Morgan fingerprint density at radius 3 is 2.52 bits per heavy atom. The fraction of sp³-hybridized carbons (Fsp3) is 0.222. The van der Waals surface area contributed by atoms with Crippen molar-refractivity contribution in [3.8, 4) is 0 Å². The first-order chi connectivity index (χ1) is 10.1. The zero-order chi connectivity index (χ0) is 14.6. The van der Waals surface area contributed by atoms with E-state index in [1.165, 1.54) is 6.08 Å². The third-order valence-corrected chi connectivity index (χ3v) is 4.46. The van der Waals surface area contributed by atoms with Gasteiger partial charge in [-0.3, -0.25) is 0 Å². The van der Waals surface area contributed by atoms with Gasteiger partial charge in [-0.25, -0.2) is 0 Å². The van der Waals surface area contributed by atoms with E-state index in [9.17, 15) is 13.2 Å². The molecule has 2 aliphatic carbocycles. The van der Waals surface area contributed by atoms with Crippen molar-refractivity contribution in [3.05, 3.63) is 64.7 Å². The average Bonchev–Trinajstić information content (AvgIpc) is 2.85. The first kappa shape index (κ1) is 12.7. The maximum atomic E-state index is 13.2. The number of hydrogen-bond acceptors (Lipinski definition) is 0. The van der Waals surface area contributed by atoms with E-state index in [0.29, 0.717) is 24.8 Å². The molecule has 3 heteroatoms. The number of benzene rings is 2. The SMILES string of the molecule is FC(F)(F)C1=CCCC2=C1Cc1c2ccc2ccccc12. The second-order valence-electron chi connectivity index (χ2n) is 5.60. The molecule has 0 fully saturated rings. The van der Waals surface area contributed by atoms with E-state index >= 15 is 0 Å². The molecule has 0 atom stereocenters. The van der Waals surface area contributed by atoms with Crippen molar-refractivity contribution < 1.29 is 13.2 Å². The Balaban J connectivity index is 1.91. The number of halogens is 3. The van der Waals surface area contributed by atoms with Crippen molar-refractivity contribution in [2.45, 2.75) is 25.4 Å². The quantitative estimate of drug-likeness (QED) is 0.605. The normalized spacial score (nSPS) is 17.8. The topological polar surface area (TPSA) is 0 Å². The minimum Gasteiger partial charge on any atom is -0.166 e. The van der Waals surface area contributed by atoms with Crippen molar-refractivity contribution in [3.63, 3.8) is 0 Å². The predicted molar refractivity (Wildman–Crippen MR) is 77.9 cm³/mol. The summed E-state index contributed by atoms with van der Waals surface area (Å²) in [6, 6.07) is 11.9. The highest BCUT2D eigenvalue weighted by atomic mass is 19.4. The molecule has 0 heterocycles.